The van der Waals surface area contributed by atoms with Gasteiger partial charge in [0.05, 0.1) is 29.7 Å². The molecule has 5 heteroatoms. The van der Waals surface area contributed by atoms with Crippen LogP contribution in [-0.4, -0.2) is 20.7 Å². The summed E-state index contributed by atoms with van der Waals surface area (Å²) in [6.07, 6.45) is 8.74. The maximum atomic E-state index is 12.5. The molecule has 1 aliphatic rings. The summed E-state index contributed by atoms with van der Waals surface area (Å²) in [6.45, 7) is 2.57. The molecule has 1 amide bonds. The third-order valence-corrected chi connectivity index (χ3v) is 5.57. The minimum atomic E-state index is -0.0668. The molecule has 1 N–H and O–H groups in total. The van der Waals surface area contributed by atoms with Crippen LogP contribution in [0.25, 0.3) is 11.4 Å². The van der Waals surface area contributed by atoms with Gasteiger partial charge >= 0.3 is 0 Å². The minimum Gasteiger partial charge on any atom is -0.346 e. The lowest BCUT2D eigenvalue weighted by Crippen LogP contribution is -2.23. The van der Waals surface area contributed by atoms with Crippen molar-refractivity contribution < 1.29 is 4.79 Å². The first-order chi connectivity index (χ1) is 14.2. The number of nitrogens with one attached hydrogen (secondary N) is 1. The number of hydrogen-bond donors (Lipinski definition) is 1. The van der Waals surface area contributed by atoms with Crippen molar-refractivity contribution in [3.8, 4) is 11.4 Å². The second kappa shape index (κ2) is 9.03. The monoisotopic (exact) mass is 388 g/mol. The molecule has 0 aliphatic heterocycles. The van der Waals surface area contributed by atoms with Crippen molar-refractivity contribution in [2.45, 2.75) is 58.0 Å². The molecule has 150 valence electrons. The van der Waals surface area contributed by atoms with Crippen LogP contribution in [0.15, 0.2) is 54.7 Å². The van der Waals surface area contributed by atoms with Gasteiger partial charge in [-0.05, 0) is 55.2 Å². The van der Waals surface area contributed by atoms with E-state index in [2.05, 4.69) is 28.0 Å². The lowest BCUT2D eigenvalue weighted by molar-refractivity contribution is 0.0950. The predicted molar refractivity (Wildman–Crippen MR) is 115 cm³/mol. The standard InChI is InChI=1S/C24H28N4O/c1-2-7-18-11-13-19(14-12-18)24(29)26-17-20-16-23(22-10-5-6-15-25-22)28(27-20)21-8-3-4-9-21/h5-6,10-16,21H,2-4,7-9,17H2,1H3,(H,26,29). The van der Waals surface area contributed by atoms with Gasteiger partial charge in [0.15, 0.2) is 0 Å². The molecule has 2 aromatic heterocycles. The Morgan fingerprint density at radius 2 is 1.93 bits per heavy atom. The average molecular weight is 389 g/mol. The fourth-order valence-corrected chi connectivity index (χ4v) is 4.05. The van der Waals surface area contributed by atoms with Crippen LogP contribution < -0.4 is 5.32 Å². The van der Waals surface area contributed by atoms with Crippen LogP contribution in [0.4, 0.5) is 0 Å². The van der Waals surface area contributed by atoms with Crippen LogP contribution in [0, 0.1) is 0 Å². The number of carbonyl (C=O) groups excluding carboxylic acids is 1. The van der Waals surface area contributed by atoms with E-state index in [1.165, 1.54) is 18.4 Å². The lowest BCUT2D eigenvalue weighted by Gasteiger charge is -2.13. The summed E-state index contributed by atoms with van der Waals surface area (Å²) in [7, 11) is 0. The van der Waals surface area contributed by atoms with Crippen LogP contribution in [-0.2, 0) is 13.0 Å². The largest absolute Gasteiger partial charge is 0.346 e. The SMILES string of the molecule is CCCc1ccc(C(=O)NCc2cc(-c3ccccn3)n(C3CCCC3)n2)cc1. The number of nitrogens with zero attached hydrogens (tertiary/aromatic N) is 3. The molecule has 0 radical (unpaired) electrons. The summed E-state index contributed by atoms with van der Waals surface area (Å²) in [5.41, 5.74) is 4.78. The Labute approximate surface area is 172 Å². The van der Waals surface area contributed by atoms with E-state index in [-0.39, 0.29) is 5.91 Å². The molecule has 0 atom stereocenters. The van der Waals surface area contributed by atoms with Crippen molar-refractivity contribution in [1.29, 1.82) is 0 Å². The van der Waals surface area contributed by atoms with Crippen molar-refractivity contribution in [3.63, 3.8) is 0 Å². The van der Waals surface area contributed by atoms with Crippen molar-refractivity contribution >= 4 is 5.91 Å². The van der Waals surface area contributed by atoms with E-state index in [9.17, 15) is 4.79 Å². The van der Waals surface area contributed by atoms with E-state index in [0.29, 0.717) is 18.2 Å². The van der Waals surface area contributed by atoms with E-state index in [1.54, 1.807) is 0 Å². The number of amides is 1. The van der Waals surface area contributed by atoms with Gasteiger partial charge in [0.25, 0.3) is 5.91 Å². The Balaban J connectivity index is 1.49. The zero-order chi connectivity index (χ0) is 20.1. The summed E-state index contributed by atoms with van der Waals surface area (Å²) in [4.78, 5) is 17.1. The topological polar surface area (TPSA) is 59.8 Å². The maximum Gasteiger partial charge on any atom is 0.251 e. The number of aryl methyl sites for hydroxylation is 1. The van der Waals surface area contributed by atoms with Gasteiger partial charge in [0.2, 0.25) is 0 Å². The van der Waals surface area contributed by atoms with Gasteiger partial charge in [0.1, 0.15) is 0 Å². The summed E-state index contributed by atoms with van der Waals surface area (Å²) in [5, 5.41) is 7.85. The van der Waals surface area contributed by atoms with Gasteiger partial charge in [-0.15, -0.1) is 0 Å². The number of carbonyl (C=O) groups is 1. The van der Waals surface area contributed by atoms with Crippen LogP contribution in [0.1, 0.15) is 66.7 Å². The second-order valence-corrected chi connectivity index (χ2v) is 7.75. The van der Waals surface area contributed by atoms with Gasteiger partial charge in [0, 0.05) is 11.8 Å². The number of pyridine rings is 1. The molecule has 3 aromatic rings. The normalized spacial score (nSPS) is 14.2. The third-order valence-electron chi connectivity index (χ3n) is 5.57. The summed E-state index contributed by atoms with van der Waals surface area (Å²) < 4.78 is 2.12. The highest BCUT2D eigenvalue weighted by atomic mass is 16.1. The number of hydrogen-bond acceptors (Lipinski definition) is 3. The van der Waals surface area contributed by atoms with Crippen molar-refractivity contribution in [2.75, 3.05) is 0 Å². The molecule has 4 rings (SSSR count). The molecule has 1 aliphatic carbocycles. The molecule has 0 bridgehead atoms. The fraction of sp³-hybridized carbons (Fsp3) is 0.375. The van der Waals surface area contributed by atoms with Crippen LogP contribution in [0.3, 0.4) is 0 Å². The Hall–Kier alpha value is -2.95. The Morgan fingerprint density at radius 1 is 1.14 bits per heavy atom. The molecule has 1 saturated carbocycles. The summed E-state index contributed by atoms with van der Waals surface area (Å²) >= 11 is 0. The molecular formula is C24H28N4O. The van der Waals surface area contributed by atoms with Crippen molar-refractivity contribution in [1.82, 2.24) is 20.1 Å². The molecule has 1 aromatic carbocycles. The van der Waals surface area contributed by atoms with Crippen molar-refractivity contribution in [2.24, 2.45) is 0 Å². The number of benzene rings is 1. The highest BCUT2D eigenvalue weighted by Gasteiger charge is 2.22. The van der Waals surface area contributed by atoms with Gasteiger partial charge < -0.3 is 5.32 Å². The Kier molecular flexibility index (Phi) is 6.03. The van der Waals surface area contributed by atoms with Gasteiger partial charge in [-0.2, -0.15) is 5.10 Å². The van der Waals surface area contributed by atoms with Crippen LogP contribution in [0.5, 0.6) is 0 Å². The first kappa shape index (κ1) is 19.4. The molecular weight excluding hydrogens is 360 g/mol. The van der Waals surface area contributed by atoms with E-state index in [0.717, 1.165) is 42.8 Å². The smallest absolute Gasteiger partial charge is 0.251 e. The predicted octanol–water partition coefficient (Wildman–Crippen LogP) is 4.94. The van der Waals surface area contributed by atoms with Gasteiger partial charge in [-0.1, -0.05) is 44.4 Å². The average Bonchev–Trinajstić information content (AvgIpc) is 3.43. The van der Waals surface area contributed by atoms with Crippen LogP contribution >= 0.6 is 0 Å². The first-order valence-electron chi connectivity index (χ1n) is 10.6. The van der Waals surface area contributed by atoms with E-state index in [1.807, 2.05) is 48.7 Å². The quantitative estimate of drug-likeness (QED) is 0.623. The van der Waals surface area contributed by atoms with Gasteiger partial charge in [-0.25, -0.2) is 0 Å². The highest BCUT2D eigenvalue weighted by molar-refractivity contribution is 5.94. The highest BCUT2D eigenvalue weighted by Crippen LogP contribution is 2.33. The molecule has 1 fully saturated rings. The van der Waals surface area contributed by atoms with E-state index >= 15 is 0 Å². The van der Waals surface area contributed by atoms with E-state index in [4.69, 9.17) is 5.10 Å². The number of rotatable bonds is 7. The Morgan fingerprint density at radius 3 is 2.62 bits per heavy atom. The molecule has 5 nitrogen and oxygen atoms in total. The van der Waals surface area contributed by atoms with Crippen molar-refractivity contribution in [3.05, 3.63) is 71.5 Å². The molecule has 0 saturated heterocycles. The molecule has 29 heavy (non-hydrogen) atoms. The zero-order valence-corrected chi connectivity index (χ0v) is 17.0. The van der Waals surface area contributed by atoms with E-state index < -0.39 is 0 Å². The molecule has 0 unspecified atom stereocenters. The lowest BCUT2D eigenvalue weighted by atomic mass is 10.1. The third kappa shape index (κ3) is 4.56. The van der Waals surface area contributed by atoms with Gasteiger partial charge in [-0.3, -0.25) is 14.5 Å². The maximum absolute atomic E-state index is 12.5. The first-order valence-corrected chi connectivity index (χ1v) is 10.6. The minimum absolute atomic E-state index is 0.0668. The fourth-order valence-electron chi connectivity index (χ4n) is 4.05. The molecule has 0 spiro atoms. The van der Waals surface area contributed by atoms with Crippen LogP contribution in [0.2, 0.25) is 0 Å². The Bertz CT molecular complexity index is 941. The summed E-state index contributed by atoms with van der Waals surface area (Å²) in [6, 6.07) is 16.3. The second-order valence-electron chi connectivity index (χ2n) is 7.75. The number of aromatic nitrogens is 3. The zero-order valence-electron chi connectivity index (χ0n) is 17.0. The summed E-state index contributed by atoms with van der Waals surface area (Å²) in [5.74, 6) is -0.0668. The molecule has 2 heterocycles.